The summed E-state index contributed by atoms with van der Waals surface area (Å²) in [6, 6.07) is 24.4. The van der Waals surface area contributed by atoms with E-state index >= 15 is 0 Å². The van der Waals surface area contributed by atoms with Crippen LogP contribution in [0, 0.1) is 0 Å². The first-order valence-electron chi connectivity index (χ1n) is 11.0. The maximum absolute atomic E-state index is 13.6. The molecule has 3 aromatic carbocycles. The second-order valence-corrected chi connectivity index (χ2v) is 9.07. The van der Waals surface area contributed by atoms with E-state index in [1.54, 1.807) is 36.4 Å². The SMILES string of the molecule is C=CCOc1ccc(Br)cc1/C=C1/C(=O)N(CCc2ccccc2)C(=S)N(c2ccccc2)C1=O. The van der Waals surface area contributed by atoms with Gasteiger partial charge in [0.15, 0.2) is 5.11 Å². The van der Waals surface area contributed by atoms with Crippen molar-refractivity contribution in [3.8, 4) is 5.75 Å². The molecule has 7 heteroatoms. The average Bonchev–Trinajstić information content (AvgIpc) is 2.87. The minimum atomic E-state index is -0.475. The van der Waals surface area contributed by atoms with Crippen molar-refractivity contribution in [3.63, 3.8) is 0 Å². The smallest absolute Gasteiger partial charge is 0.270 e. The van der Waals surface area contributed by atoms with Gasteiger partial charge in [-0.3, -0.25) is 19.4 Å². The summed E-state index contributed by atoms with van der Waals surface area (Å²) < 4.78 is 6.55. The van der Waals surface area contributed by atoms with Crippen LogP contribution in [0.3, 0.4) is 0 Å². The van der Waals surface area contributed by atoms with Gasteiger partial charge in [0, 0.05) is 16.6 Å². The Morgan fingerprint density at radius 1 is 0.943 bits per heavy atom. The molecule has 5 nitrogen and oxygen atoms in total. The van der Waals surface area contributed by atoms with Crippen LogP contribution < -0.4 is 9.64 Å². The van der Waals surface area contributed by atoms with Gasteiger partial charge in [-0.25, -0.2) is 0 Å². The Bertz CT molecular complexity index is 1290. The highest BCUT2D eigenvalue weighted by Gasteiger charge is 2.40. The minimum Gasteiger partial charge on any atom is -0.489 e. The van der Waals surface area contributed by atoms with Gasteiger partial charge in [-0.1, -0.05) is 77.1 Å². The summed E-state index contributed by atoms with van der Waals surface area (Å²) in [5.74, 6) is -0.369. The van der Waals surface area contributed by atoms with E-state index in [9.17, 15) is 9.59 Å². The lowest BCUT2D eigenvalue weighted by atomic mass is 10.0. The van der Waals surface area contributed by atoms with Crippen LogP contribution in [-0.2, 0) is 16.0 Å². The highest BCUT2D eigenvalue weighted by atomic mass is 79.9. The number of anilines is 1. The number of thiocarbonyl (C=S) groups is 1. The molecular formula is C28H23BrN2O3S. The number of para-hydroxylation sites is 1. The molecule has 0 aliphatic carbocycles. The molecule has 1 fully saturated rings. The molecule has 1 aliphatic heterocycles. The quantitative estimate of drug-likeness (QED) is 0.155. The molecule has 176 valence electrons. The lowest BCUT2D eigenvalue weighted by molar-refractivity contribution is -0.127. The van der Waals surface area contributed by atoms with Crippen molar-refractivity contribution < 1.29 is 14.3 Å². The van der Waals surface area contributed by atoms with Gasteiger partial charge in [0.05, 0.1) is 5.69 Å². The third-order valence-electron chi connectivity index (χ3n) is 5.44. The number of rotatable bonds is 8. The minimum absolute atomic E-state index is 0.0112. The molecule has 2 amide bonds. The summed E-state index contributed by atoms with van der Waals surface area (Å²) in [7, 11) is 0. The lowest BCUT2D eigenvalue weighted by Crippen LogP contribution is -2.57. The number of amides is 2. The van der Waals surface area contributed by atoms with Crippen LogP contribution >= 0.6 is 28.1 Å². The third-order valence-corrected chi connectivity index (χ3v) is 6.34. The molecule has 0 saturated carbocycles. The van der Waals surface area contributed by atoms with Crippen LogP contribution in [-0.4, -0.2) is 35.0 Å². The number of ether oxygens (including phenoxy) is 1. The predicted molar refractivity (Wildman–Crippen MR) is 146 cm³/mol. The topological polar surface area (TPSA) is 49.9 Å². The largest absolute Gasteiger partial charge is 0.489 e. The Hall–Kier alpha value is -3.55. The summed E-state index contributed by atoms with van der Waals surface area (Å²) in [5, 5.41) is 0.164. The first-order valence-corrected chi connectivity index (χ1v) is 12.2. The van der Waals surface area contributed by atoms with Crippen LogP contribution in [0.1, 0.15) is 11.1 Å². The third kappa shape index (κ3) is 5.58. The molecule has 0 unspecified atom stereocenters. The number of carbonyl (C=O) groups excluding carboxylic acids is 2. The fourth-order valence-corrected chi connectivity index (χ4v) is 4.47. The van der Waals surface area contributed by atoms with E-state index in [-0.39, 0.29) is 10.7 Å². The Balaban J connectivity index is 1.76. The zero-order chi connectivity index (χ0) is 24.8. The van der Waals surface area contributed by atoms with E-state index < -0.39 is 11.8 Å². The van der Waals surface area contributed by atoms with Gasteiger partial charge in [0.25, 0.3) is 11.8 Å². The molecule has 35 heavy (non-hydrogen) atoms. The molecule has 0 aromatic heterocycles. The summed E-state index contributed by atoms with van der Waals surface area (Å²) in [5.41, 5.74) is 2.28. The van der Waals surface area contributed by atoms with Crippen LogP contribution in [0.25, 0.3) is 6.08 Å². The summed E-state index contributed by atoms with van der Waals surface area (Å²) in [4.78, 5) is 30.2. The first kappa shape index (κ1) is 24.6. The van der Waals surface area contributed by atoms with Gasteiger partial charge < -0.3 is 4.74 Å². The maximum atomic E-state index is 13.6. The molecule has 1 saturated heterocycles. The standard InChI is InChI=1S/C28H23BrN2O3S/c1-2-17-34-25-14-13-22(29)18-21(25)19-24-26(32)30(16-15-20-9-5-3-6-10-20)28(35)31(27(24)33)23-11-7-4-8-12-23/h2-14,18-19H,1,15-17H2/b24-19-. The Morgan fingerprint density at radius 2 is 1.63 bits per heavy atom. The Kier molecular flexibility index (Phi) is 7.90. The first-order chi connectivity index (χ1) is 17.0. The van der Waals surface area contributed by atoms with Crippen LogP contribution in [0.15, 0.2) is 102 Å². The maximum Gasteiger partial charge on any atom is 0.270 e. The number of halogens is 1. The Labute approximate surface area is 218 Å². The highest BCUT2D eigenvalue weighted by molar-refractivity contribution is 9.10. The van der Waals surface area contributed by atoms with Gasteiger partial charge >= 0.3 is 0 Å². The van der Waals surface area contributed by atoms with Crippen molar-refractivity contribution in [2.24, 2.45) is 0 Å². The number of nitrogens with zero attached hydrogens (tertiary/aromatic N) is 2. The van der Waals surface area contributed by atoms with E-state index in [0.29, 0.717) is 36.6 Å². The molecule has 0 atom stereocenters. The van der Waals surface area contributed by atoms with Gasteiger partial charge in [0.2, 0.25) is 0 Å². The molecule has 0 bridgehead atoms. The Morgan fingerprint density at radius 3 is 2.31 bits per heavy atom. The van der Waals surface area contributed by atoms with Crippen molar-refractivity contribution in [2.75, 3.05) is 18.1 Å². The van der Waals surface area contributed by atoms with Gasteiger partial charge in [-0.2, -0.15) is 0 Å². The van der Waals surface area contributed by atoms with Gasteiger partial charge in [0.1, 0.15) is 17.9 Å². The van der Waals surface area contributed by atoms with Gasteiger partial charge in [-0.15, -0.1) is 0 Å². The molecule has 0 N–H and O–H groups in total. The monoisotopic (exact) mass is 546 g/mol. The van der Waals surface area contributed by atoms with Crippen LogP contribution in [0.5, 0.6) is 5.75 Å². The molecule has 1 heterocycles. The molecule has 0 radical (unpaired) electrons. The number of hydrogen-bond acceptors (Lipinski definition) is 4. The van der Waals surface area contributed by atoms with E-state index in [1.807, 2.05) is 54.6 Å². The van der Waals surface area contributed by atoms with E-state index in [2.05, 4.69) is 22.5 Å². The summed E-state index contributed by atoms with van der Waals surface area (Å²) in [6.45, 7) is 4.32. The molecule has 3 aromatic rings. The number of carbonyl (C=O) groups is 2. The number of hydrogen-bond donors (Lipinski definition) is 0. The molecular weight excluding hydrogens is 524 g/mol. The fraction of sp³-hybridized carbons (Fsp3) is 0.107. The van der Waals surface area contributed by atoms with Crippen molar-refractivity contribution in [2.45, 2.75) is 6.42 Å². The van der Waals surface area contributed by atoms with Crippen LogP contribution in [0.2, 0.25) is 0 Å². The molecule has 0 spiro atoms. The van der Waals surface area contributed by atoms with Gasteiger partial charge in [-0.05, 0) is 60.6 Å². The van der Waals surface area contributed by atoms with Crippen molar-refractivity contribution in [1.29, 1.82) is 0 Å². The zero-order valence-corrected chi connectivity index (χ0v) is 21.3. The van der Waals surface area contributed by atoms with E-state index in [4.69, 9.17) is 17.0 Å². The normalized spacial score (nSPS) is 15.0. The van der Waals surface area contributed by atoms with Crippen molar-refractivity contribution in [3.05, 3.63) is 113 Å². The fourth-order valence-electron chi connectivity index (χ4n) is 3.73. The molecule has 1 aliphatic rings. The second kappa shape index (κ2) is 11.3. The number of benzene rings is 3. The highest BCUT2D eigenvalue weighted by Crippen LogP contribution is 2.30. The van der Waals surface area contributed by atoms with Crippen molar-refractivity contribution >= 4 is 56.8 Å². The molecule has 4 rings (SSSR count). The van der Waals surface area contributed by atoms with Crippen LogP contribution in [0.4, 0.5) is 5.69 Å². The second-order valence-electron chi connectivity index (χ2n) is 7.79. The van der Waals surface area contributed by atoms with Crippen molar-refractivity contribution in [1.82, 2.24) is 4.90 Å². The summed E-state index contributed by atoms with van der Waals surface area (Å²) in [6.07, 6.45) is 3.80. The predicted octanol–water partition coefficient (Wildman–Crippen LogP) is 5.80. The average molecular weight is 547 g/mol. The zero-order valence-electron chi connectivity index (χ0n) is 18.9. The lowest BCUT2D eigenvalue weighted by Gasteiger charge is -2.36. The van der Waals surface area contributed by atoms with E-state index in [1.165, 1.54) is 9.80 Å². The van der Waals surface area contributed by atoms with E-state index in [0.717, 1.165) is 10.0 Å². The summed E-state index contributed by atoms with van der Waals surface area (Å²) >= 11 is 9.13.